The van der Waals surface area contributed by atoms with E-state index in [4.69, 9.17) is 0 Å². The zero-order chi connectivity index (χ0) is 14.2. The van der Waals surface area contributed by atoms with Crippen LogP contribution in [-0.2, 0) is 0 Å². The average molecular weight is 267 g/mol. The van der Waals surface area contributed by atoms with Crippen LogP contribution in [0.15, 0.2) is 0 Å². The molecule has 0 aliphatic carbocycles. The van der Waals surface area contributed by atoms with Crippen LogP contribution in [0.5, 0.6) is 0 Å². The molecule has 0 amide bonds. The highest BCUT2D eigenvalue weighted by atomic mass is 19.4. The lowest BCUT2D eigenvalue weighted by Crippen LogP contribution is -2.52. The predicted octanol–water partition coefficient (Wildman–Crippen LogP) is 3.06. The molecule has 108 valence electrons. The van der Waals surface area contributed by atoms with E-state index in [0.717, 1.165) is 13.5 Å². The second kappa shape index (κ2) is 5.00. The second-order valence-electron chi connectivity index (χ2n) is 6.76. The topological polar surface area (TPSA) is 23.5 Å². The number of hydrogen-bond acceptors (Lipinski definition) is 2. The van der Waals surface area contributed by atoms with Crippen molar-refractivity contribution in [2.45, 2.75) is 52.3 Å². The van der Waals surface area contributed by atoms with Gasteiger partial charge in [0.25, 0.3) is 0 Å². The summed E-state index contributed by atoms with van der Waals surface area (Å²) in [6.07, 6.45) is -3.73. The van der Waals surface area contributed by atoms with Crippen LogP contribution in [0.25, 0.3) is 0 Å². The molecule has 0 radical (unpaired) electrons. The molecule has 1 fully saturated rings. The highest BCUT2D eigenvalue weighted by Crippen LogP contribution is 2.40. The smallest absolute Gasteiger partial charge is 0.380 e. The van der Waals surface area contributed by atoms with E-state index in [-0.39, 0.29) is 5.41 Å². The van der Waals surface area contributed by atoms with Crippen molar-refractivity contribution < 1.29 is 18.3 Å². The minimum atomic E-state index is -4.54. The number of halogens is 3. The van der Waals surface area contributed by atoms with E-state index in [2.05, 4.69) is 25.7 Å². The summed E-state index contributed by atoms with van der Waals surface area (Å²) in [4.78, 5) is 2.18. The zero-order valence-corrected chi connectivity index (χ0v) is 11.6. The molecule has 5 heteroatoms. The molecule has 1 aliphatic heterocycles. The lowest BCUT2D eigenvalue weighted by Gasteiger charge is -2.41. The van der Waals surface area contributed by atoms with Gasteiger partial charge >= 0.3 is 6.18 Å². The summed E-state index contributed by atoms with van der Waals surface area (Å²) in [5.74, 6) is -0.686. The van der Waals surface area contributed by atoms with E-state index < -0.39 is 17.7 Å². The first-order valence-electron chi connectivity index (χ1n) is 6.45. The molecule has 1 rings (SSSR count). The maximum atomic E-state index is 12.7. The summed E-state index contributed by atoms with van der Waals surface area (Å²) in [5.41, 5.74) is -2.40. The van der Waals surface area contributed by atoms with Gasteiger partial charge in [-0.3, -0.25) is 0 Å². The third-order valence-corrected chi connectivity index (χ3v) is 3.65. The molecule has 1 N–H and O–H groups in total. The van der Waals surface area contributed by atoms with Crippen LogP contribution in [0.1, 0.15) is 40.5 Å². The Morgan fingerprint density at radius 1 is 1.06 bits per heavy atom. The maximum Gasteiger partial charge on any atom is 0.417 e. The standard InChI is InChI=1S/C13H24F3NO/c1-11(2,3)9-17-7-5-10(6-8-17)12(4,18)13(14,15)16/h10,18H,5-9H2,1-4H3. The van der Waals surface area contributed by atoms with Crippen LogP contribution in [0.2, 0.25) is 0 Å². The summed E-state index contributed by atoms with van der Waals surface area (Å²) < 4.78 is 38.2. The molecule has 1 atom stereocenters. The van der Waals surface area contributed by atoms with Crippen molar-refractivity contribution in [2.75, 3.05) is 19.6 Å². The third kappa shape index (κ3) is 3.85. The Morgan fingerprint density at radius 3 is 1.83 bits per heavy atom. The van der Waals surface area contributed by atoms with Crippen LogP contribution < -0.4 is 0 Å². The number of rotatable bonds is 2. The number of nitrogens with zero attached hydrogens (tertiary/aromatic N) is 1. The molecule has 1 heterocycles. The Morgan fingerprint density at radius 2 is 1.50 bits per heavy atom. The Hall–Kier alpha value is -0.290. The van der Waals surface area contributed by atoms with Gasteiger partial charge in [0.05, 0.1) is 0 Å². The zero-order valence-electron chi connectivity index (χ0n) is 11.6. The molecule has 18 heavy (non-hydrogen) atoms. The van der Waals surface area contributed by atoms with Gasteiger partial charge in [-0.25, -0.2) is 0 Å². The van der Waals surface area contributed by atoms with Gasteiger partial charge in [0.2, 0.25) is 0 Å². The Bertz CT molecular complexity index is 273. The van der Waals surface area contributed by atoms with Crippen molar-refractivity contribution >= 4 is 0 Å². The molecule has 1 aliphatic rings. The molecule has 0 aromatic rings. The quantitative estimate of drug-likeness (QED) is 0.831. The minimum absolute atomic E-state index is 0.152. The summed E-state index contributed by atoms with van der Waals surface area (Å²) in [5, 5.41) is 9.65. The normalized spacial score (nSPS) is 24.0. The van der Waals surface area contributed by atoms with E-state index in [9.17, 15) is 18.3 Å². The van der Waals surface area contributed by atoms with Crippen molar-refractivity contribution in [3.05, 3.63) is 0 Å². The largest absolute Gasteiger partial charge is 0.417 e. The molecule has 1 saturated heterocycles. The Kier molecular flexibility index (Phi) is 4.38. The SMILES string of the molecule is CC(C)(C)CN1CCC(C(C)(O)C(F)(F)F)CC1. The molecular formula is C13H24F3NO. The predicted molar refractivity (Wildman–Crippen MR) is 65.3 cm³/mol. The average Bonchev–Trinajstić information content (AvgIpc) is 2.14. The molecule has 0 bridgehead atoms. The number of aliphatic hydroxyl groups is 1. The van der Waals surface area contributed by atoms with Crippen LogP contribution in [-0.4, -0.2) is 41.4 Å². The Labute approximate surface area is 107 Å². The summed E-state index contributed by atoms with van der Waals surface area (Å²) in [6.45, 7) is 9.40. The molecule has 0 aromatic heterocycles. The lowest BCUT2D eigenvalue weighted by atomic mass is 9.80. The van der Waals surface area contributed by atoms with Crippen molar-refractivity contribution in [3.8, 4) is 0 Å². The van der Waals surface area contributed by atoms with Gasteiger partial charge in [-0.05, 0) is 44.2 Å². The molecule has 0 saturated carbocycles. The van der Waals surface area contributed by atoms with E-state index in [1.165, 1.54) is 0 Å². The molecule has 0 spiro atoms. The molecule has 0 aromatic carbocycles. The van der Waals surface area contributed by atoms with E-state index in [1.807, 2.05) is 0 Å². The van der Waals surface area contributed by atoms with Gasteiger partial charge in [-0.1, -0.05) is 20.8 Å². The summed E-state index contributed by atoms with van der Waals surface area (Å²) >= 11 is 0. The fourth-order valence-electron chi connectivity index (χ4n) is 2.56. The van der Waals surface area contributed by atoms with Crippen LogP contribution in [0.4, 0.5) is 13.2 Å². The van der Waals surface area contributed by atoms with Gasteiger partial charge in [-0.2, -0.15) is 13.2 Å². The second-order valence-corrected chi connectivity index (χ2v) is 6.76. The molecule has 2 nitrogen and oxygen atoms in total. The van der Waals surface area contributed by atoms with Gasteiger partial charge in [0.1, 0.15) is 0 Å². The number of alkyl halides is 3. The van der Waals surface area contributed by atoms with Gasteiger partial charge in [-0.15, -0.1) is 0 Å². The summed E-state index contributed by atoms with van der Waals surface area (Å²) in [6, 6.07) is 0. The fraction of sp³-hybridized carbons (Fsp3) is 1.00. The van der Waals surface area contributed by atoms with Gasteiger partial charge in [0, 0.05) is 6.54 Å². The first kappa shape index (κ1) is 15.8. The van der Waals surface area contributed by atoms with E-state index in [1.54, 1.807) is 0 Å². The number of piperidine rings is 1. The van der Waals surface area contributed by atoms with Crippen molar-refractivity contribution in [2.24, 2.45) is 11.3 Å². The highest BCUT2D eigenvalue weighted by molar-refractivity contribution is 4.92. The summed E-state index contributed by atoms with van der Waals surface area (Å²) in [7, 11) is 0. The fourth-order valence-corrected chi connectivity index (χ4v) is 2.56. The monoisotopic (exact) mass is 267 g/mol. The third-order valence-electron chi connectivity index (χ3n) is 3.65. The lowest BCUT2D eigenvalue weighted by molar-refractivity contribution is -0.275. The number of hydrogen-bond donors (Lipinski definition) is 1. The van der Waals surface area contributed by atoms with Crippen molar-refractivity contribution in [1.29, 1.82) is 0 Å². The van der Waals surface area contributed by atoms with E-state index in [0.29, 0.717) is 25.9 Å². The first-order chi connectivity index (χ1) is 7.93. The Balaban J connectivity index is 2.54. The minimum Gasteiger partial charge on any atom is -0.380 e. The van der Waals surface area contributed by atoms with Crippen LogP contribution in [0, 0.1) is 11.3 Å². The molecule has 1 unspecified atom stereocenters. The van der Waals surface area contributed by atoms with Crippen molar-refractivity contribution in [3.63, 3.8) is 0 Å². The van der Waals surface area contributed by atoms with Gasteiger partial charge < -0.3 is 10.0 Å². The highest BCUT2D eigenvalue weighted by Gasteiger charge is 2.54. The van der Waals surface area contributed by atoms with Crippen LogP contribution >= 0.6 is 0 Å². The first-order valence-corrected chi connectivity index (χ1v) is 6.45. The van der Waals surface area contributed by atoms with Crippen LogP contribution in [0.3, 0.4) is 0 Å². The van der Waals surface area contributed by atoms with Gasteiger partial charge in [0.15, 0.2) is 5.60 Å². The van der Waals surface area contributed by atoms with E-state index >= 15 is 0 Å². The molecular weight excluding hydrogens is 243 g/mol. The maximum absolute atomic E-state index is 12.7. The van der Waals surface area contributed by atoms with Crippen molar-refractivity contribution in [1.82, 2.24) is 4.90 Å². The number of likely N-dealkylation sites (tertiary alicyclic amines) is 1.